The molecule has 0 aliphatic heterocycles. The average molecular weight is 261 g/mol. The molecule has 0 aliphatic rings. The number of rotatable bonds is 4. The van der Waals surface area contributed by atoms with Gasteiger partial charge >= 0.3 is 0 Å². The Morgan fingerprint density at radius 3 is 2.63 bits per heavy atom. The summed E-state index contributed by atoms with van der Waals surface area (Å²) in [6.45, 7) is 0.393. The van der Waals surface area contributed by atoms with E-state index in [4.69, 9.17) is 4.74 Å². The first kappa shape index (κ1) is 13.2. The van der Waals surface area contributed by atoms with Crippen LogP contribution in [0.25, 0.3) is 0 Å². The van der Waals surface area contributed by atoms with Gasteiger partial charge in [-0.2, -0.15) is 0 Å². The van der Waals surface area contributed by atoms with Gasteiger partial charge in [-0.25, -0.2) is 4.39 Å². The first-order valence-corrected chi connectivity index (χ1v) is 5.93. The highest BCUT2D eigenvalue weighted by Crippen LogP contribution is 2.26. The number of methoxy groups -OCH3 is 1. The third-order valence-corrected chi connectivity index (χ3v) is 2.96. The van der Waals surface area contributed by atoms with E-state index in [-0.39, 0.29) is 11.6 Å². The molecule has 2 aromatic carbocycles. The SMILES string of the molecule is COc1ccc(O)c(CN(C)c2ccccc2F)c1. The summed E-state index contributed by atoms with van der Waals surface area (Å²) in [5.41, 5.74) is 1.18. The fourth-order valence-electron chi connectivity index (χ4n) is 1.92. The Kier molecular flexibility index (Phi) is 3.90. The first-order chi connectivity index (χ1) is 9.11. The number of phenols is 1. The van der Waals surface area contributed by atoms with Crippen LogP contribution in [0.2, 0.25) is 0 Å². The zero-order valence-electron chi connectivity index (χ0n) is 10.9. The van der Waals surface area contributed by atoms with Crippen molar-refractivity contribution >= 4 is 5.69 Å². The summed E-state index contributed by atoms with van der Waals surface area (Å²) >= 11 is 0. The number of phenolic OH excluding ortho intramolecular Hbond substituents is 1. The van der Waals surface area contributed by atoms with Crippen molar-refractivity contribution in [1.82, 2.24) is 0 Å². The van der Waals surface area contributed by atoms with Crippen LogP contribution in [0.5, 0.6) is 11.5 Å². The topological polar surface area (TPSA) is 32.7 Å². The molecule has 0 heterocycles. The standard InChI is InChI=1S/C15H16FNO2/c1-17(14-6-4-3-5-13(14)16)10-11-9-12(19-2)7-8-15(11)18/h3-9,18H,10H2,1-2H3. The van der Waals surface area contributed by atoms with Crippen LogP contribution >= 0.6 is 0 Å². The zero-order chi connectivity index (χ0) is 13.8. The van der Waals surface area contributed by atoms with Crippen molar-refractivity contribution in [2.75, 3.05) is 19.1 Å². The summed E-state index contributed by atoms with van der Waals surface area (Å²) in [6, 6.07) is 11.5. The summed E-state index contributed by atoms with van der Waals surface area (Å²) in [5, 5.41) is 9.82. The van der Waals surface area contributed by atoms with Crippen molar-refractivity contribution in [3.8, 4) is 11.5 Å². The molecule has 0 saturated heterocycles. The minimum atomic E-state index is -0.285. The highest BCUT2D eigenvalue weighted by molar-refractivity contribution is 5.49. The van der Waals surface area contributed by atoms with Gasteiger partial charge in [0.1, 0.15) is 17.3 Å². The molecule has 2 rings (SSSR count). The number of hydrogen-bond acceptors (Lipinski definition) is 3. The molecule has 1 N–H and O–H groups in total. The van der Waals surface area contributed by atoms with Crippen LogP contribution in [0, 0.1) is 5.82 Å². The Labute approximate surface area is 111 Å². The second kappa shape index (κ2) is 5.61. The van der Waals surface area contributed by atoms with Crippen molar-refractivity contribution < 1.29 is 14.2 Å². The van der Waals surface area contributed by atoms with Crippen LogP contribution in [-0.4, -0.2) is 19.3 Å². The van der Waals surface area contributed by atoms with Gasteiger partial charge in [0.05, 0.1) is 12.8 Å². The molecule has 0 unspecified atom stereocenters. The minimum Gasteiger partial charge on any atom is -0.508 e. The van der Waals surface area contributed by atoms with Gasteiger partial charge in [0, 0.05) is 19.2 Å². The molecule has 100 valence electrons. The van der Waals surface area contributed by atoms with E-state index >= 15 is 0 Å². The summed E-state index contributed by atoms with van der Waals surface area (Å²) < 4.78 is 18.8. The van der Waals surface area contributed by atoms with Gasteiger partial charge in [0.2, 0.25) is 0 Å². The van der Waals surface area contributed by atoms with E-state index in [1.807, 2.05) is 0 Å². The summed E-state index contributed by atoms with van der Waals surface area (Å²) in [5.74, 6) is 0.547. The molecule has 19 heavy (non-hydrogen) atoms. The van der Waals surface area contributed by atoms with Crippen LogP contribution in [0.3, 0.4) is 0 Å². The van der Waals surface area contributed by atoms with Crippen LogP contribution in [-0.2, 0) is 6.54 Å². The van der Waals surface area contributed by atoms with E-state index in [0.717, 1.165) is 0 Å². The molecule has 0 atom stereocenters. The van der Waals surface area contributed by atoms with Gasteiger partial charge in [-0.15, -0.1) is 0 Å². The predicted octanol–water partition coefficient (Wildman–Crippen LogP) is 3.18. The largest absolute Gasteiger partial charge is 0.508 e. The third-order valence-electron chi connectivity index (χ3n) is 2.96. The Balaban J connectivity index is 2.24. The highest BCUT2D eigenvalue weighted by atomic mass is 19.1. The Morgan fingerprint density at radius 2 is 1.95 bits per heavy atom. The van der Waals surface area contributed by atoms with Crippen molar-refractivity contribution in [3.63, 3.8) is 0 Å². The van der Waals surface area contributed by atoms with Crippen molar-refractivity contribution in [3.05, 3.63) is 53.8 Å². The maximum atomic E-state index is 13.7. The number of para-hydroxylation sites is 1. The van der Waals surface area contributed by atoms with Crippen molar-refractivity contribution in [2.45, 2.75) is 6.54 Å². The Morgan fingerprint density at radius 1 is 1.21 bits per heavy atom. The number of anilines is 1. The van der Waals surface area contributed by atoms with Gasteiger partial charge in [-0.3, -0.25) is 0 Å². The third kappa shape index (κ3) is 2.96. The van der Waals surface area contributed by atoms with Crippen LogP contribution in [0.4, 0.5) is 10.1 Å². The lowest BCUT2D eigenvalue weighted by molar-refractivity contribution is 0.410. The van der Waals surface area contributed by atoms with Gasteiger partial charge in [0.15, 0.2) is 0 Å². The van der Waals surface area contributed by atoms with Crippen LogP contribution in [0.1, 0.15) is 5.56 Å². The molecule has 0 radical (unpaired) electrons. The quantitative estimate of drug-likeness (QED) is 0.917. The molecule has 2 aromatic rings. The van der Waals surface area contributed by atoms with Crippen molar-refractivity contribution in [1.29, 1.82) is 0 Å². The maximum absolute atomic E-state index is 13.7. The number of halogens is 1. The summed E-state index contributed by atoms with van der Waals surface area (Å²) in [7, 11) is 3.34. The molecular weight excluding hydrogens is 245 g/mol. The Bertz CT molecular complexity index is 572. The van der Waals surface area contributed by atoms with E-state index in [1.165, 1.54) is 6.07 Å². The van der Waals surface area contributed by atoms with Crippen LogP contribution in [0.15, 0.2) is 42.5 Å². The van der Waals surface area contributed by atoms with Crippen molar-refractivity contribution in [2.24, 2.45) is 0 Å². The smallest absolute Gasteiger partial charge is 0.146 e. The molecule has 0 aliphatic carbocycles. The van der Waals surface area contributed by atoms with E-state index < -0.39 is 0 Å². The van der Waals surface area contributed by atoms with Gasteiger partial charge in [0.25, 0.3) is 0 Å². The summed E-state index contributed by atoms with van der Waals surface area (Å²) in [4.78, 5) is 1.74. The number of nitrogens with zero attached hydrogens (tertiary/aromatic N) is 1. The number of aromatic hydroxyl groups is 1. The van der Waals surface area contributed by atoms with E-state index in [1.54, 1.807) is 55.5 Å². The van der Waals surface area contributed by atoms with Crippen LogP contribution < -0.4 is 9.64 Å². The average Bonchev–Trinajstić information content (AvgIpc) is 2.41. The molecule has 0 amide bonds. The predicted molar refractivity (Wildman–Crippen MR) is 73.2 cm³/mol. The summed E-state index contributed by atoms with van der Waals surface area (Å²) in [6.07, 6.45) is 0. The van der Waals surface area contributed by atoms with E-state index in [9.17, 15) is 9.50 Å². The number of ether oxygens (including phenoxy) is 1. The molecule has 0 aromatic heterocycles. The molecular formula is C15H16FNO2. The lowest BCUT2D eigenvalue weighted by Crippen LogP contribution is -2.17. The molecule has 0 bridgehead atoms. The highest BCUT2D eigenvalue weighted by Gasteiger charge is 2.10. The lowest BCUT2D eigenvalue weighted by Gasteiger charge is -2.20. The fourth-order valence-corrected chi connectivity index (χ4v) is 1.92. The molecule has 0 fully saturated rings. The van der Waals surface area contributed by atoms with E-state index in [2.05, 4.69) is 0 Å². The second-order valence-electron chi connectivity index (χ2n) is 4.30. The van der Waals surface area contributed by atoms with Gasteiger partial charge in [-0.1, -0.05) is 12.1 Å². The second-order valence-corrected chi connectivity index (χ2v) is 4.30. The Hall–Kier alpha value is -2.23. The minimum absolute atomic E-state index is 0.170. The molecule has 0 spiro atoms. The molecule has 0 saturated carbocycles. The van der Waals surface area contributed by atoms with Gasteiger partial charge < -0.3 is 14.7 Å². The molecule has 3 nitrogen and oxygen atoms in total. The fraction of sp³-hybridized carbons (Fsp3) is 0.200. The normalized spacial score (nSPS) is 10.3. The first-order valence-electron chi connectivity index (χ1n) is 5.93. The number of benzene rings is 2. The van der Waals surface area contributed by atoms with Gasteiger partial charge in [-0.05, 0) is 30.3 Å². The maximum Gasteiger partial charge on any atom is 0.146 e. The number of hydrogen-bond donors (Lipinski definition) is 1. The van der Waals surface area contributed by atoms with E-state index in [0.29, 0.717) is 23.5 Å². The monoisotopic (exact) mass is 261 g/mol. The lowest BCUT2D eigenvalue weighted by atomic mass is 10.1. The zero-order valence-corrected chi connectivity index (χ0v) is 10.9. The molecule has 4 heteroatoms.